The first-order chi connectivity index (χ1) is 8.31. The fourth-order valence-electron chi connectivity index (χ4n) is 3.51. The van der Waals surface area contributed by atoms with Gasteiger partial charge in [-0.05, 0) is 44.4 Å². The van der Waals surface area contributed by atoms with Crippen molar-refractivity contribution in [1.29, 1.82) is 0 Å². The molecular formula is C15H29NO2. The first-order valence-electron chi connectivity index (χ1n) is 7.31. The Bertz CT molecular complexity index is 283. The van der Waals surface area contributed by atoms with Gasteiger partial charge in [-0.25, -0.2) is 0 Å². The average Bonchev–Trinajstić information content (AvgIpc) is 2.41. The molecular weight excluding hydrogens is 226 g/mol. The van der Waals surface area contributed by atoms with Gasteiger partial charge >= 0.3 is 5.97 Å². The van der Waals surface area contributed by atoms with Gasteiger partial charge in [-0.3, -0.25) is 4.79 Å². The fraction of sp³-hybridized carbons (Fsp3) is 0.933. The average molecular weight is 255 g/mol. The van der Waals surface area contributed by atoms with Crippen molar-refractivity contribution < 1.29 is 9.90 Å². The summed E-state index contributed by atoms with van der Waals surface area (Å²) in [6.45, 7) is 6.22. The highest BCUT2D eigenvalue weighted by Gasteiger charge is 2.44. The number of carboxylic acids is 1. The van der Waals surface area contributed by atoms with E-state index in [4.69, 9.17) is 5.73 Å². The van der Waals surface area contributed by atoms with E-state index in [2.05, 4.69) is 6.92 Å². The van der Waals surface area contributed by atoms with Gasteiger partial charge in [0.15, 0.2) is 0 Å². The molecule has 0 amide bonds. The first-order valence-corrected chi connectivity index (χ1v) is 7.31. The summed E-state index contributed by atoms with van der Waals surface area (Å²) in [5.41, 5.74) is 5.69. The Labute approximate surface area is 111 Å². The van der Waals surface area contributed by atoms with Crippen LogP contribution in [0.15, 0.2) is 0 Å². The lowest BCUT2D eigenvalue weighted by molar-refractivity contribution is -0.141. The van der Waals surface area contributed by atoms with Crippen LogP contribution in [-0.2, 0) is 4.79 Å². The van der Waals surface area contributed by atoms with E-state index in [-0.39, 0.29) is 11.8 Å². The van der Waals surface area contributed by atoms with Crippen molar-refractivity contribution in [3.8, 4) is 0 Å². The second-order valence-corrected chi connectivity index (χ2v) is 6.66. The van der Waals surface area contributed by atoms with Crippen molar-refractivity contribution in [2.75, 3.05) is 0 Å². The highest BCUT2D eigenvalue weighted by Crippen LogP contribution is 2.47. The number of rotatable bonds is 5. The number of carbonyl (C=O) groups is 1. The van der Waals surface area contributed by atoms with Crippen molar-refractivity contribution >= 4 is 5.97 Å². The van der Waals surface area contributed by atoms with Gasteiger partial charge in [0.2, 0.25) is 0 Å². The summed E-state index contributed by atoms with van der Waals surface area (Å²) in [5, 5.41) is 9.20. The van der Waals surface area contributed by atoms with Gasteiger partial charge in [-0.15, -0.1) is 0 Å². The highest BCUT2D eigenvalue weighted by atomic mass is 16.4. The predicted molar refractivity (Wildman–Crippen MR) is 74.4 cm³/mol. The first kappa shape index (κ1) is 15.5. The van der Waals surface area contributed by atoms with E-state index < -0.39 is 11.5 Å². The molecule has 0 heterocycles. The van der Waals surface area contributed by atoms with Gasteiger partial charge in [0, 0.05) is 5.54 Å². The Kier molecular flexibility index (Phi) is 5.20. The molecule has 0 aromatic heterocycles. The molecule has 0 bridgehead atoms. The Morgan fingerprint density at radius 2 is 2.06 bits per heavy atom. The van der Waals surface area contributed by atoms with Gasteiger partial charge in [0.1, 0.15) is 0 Å². The minimum Gasteiger partial charge on any atom is -0.481 e. The maximum atomic E-state index is 11.2. The SMILES string of the molecule is CCCC1CCCC(CC(=O)O)(C(C)(C)N)CC1. The summed E-state index contributed by atoms with van der Waals surface area (Å²) in [7, 11) is 0. The Morgan fingerprint density at radius 1 is 1.39 bits per heavy atom. The van der Waals surface area contributed by atoms with Crippen molar-refractivity contribution in [2.24, 2.45) is 17.1 Å². The molecule has 2 atom stereocenters. The summed E-state index contributed by atoms with van der Waals surface area (Å²) < 4.78 is 0. The summed E-state index contributed by atoms with van der Waals surface area (Å²) >= 11 is 0. The largest absolute Gasteiger partial charge is 0.481 e. The van der Waals surface area contributed by atoms with Gasteiger partial charge in [-0.2, -0.15) is 0 Å². The van der Waals surface area contributed by atoms with E-state index in [1.54, 1.807) is 0 Å². The molecule has 0 aromatic carbocycles. The second-order valence-electron chi connectivity index (χ2n) is 6.66. The molecule has 0 spiro atoms. The molecule has 106 valence electrons. The molecule has 3 N–H and O–H groups in total. The number of hydrogen-bond acceptors (Lipinski definition) is 2. The van der Waals surface area contributed by atoms with Crippen LogP contribution < -0.4 is 5.73 Å². The van der Waals surface area contributed by atoms with Gasteiger partial charge in [0.05, 0.1) is 6.42 Å². The van der Waals surface area contributed by atoms with Crippen LogP contribution in [0.3, 0.4) is 0 Å². The molecule has 2 unspecified atom stereocenters. The molecule has 0 aliphatic heterocycles. The molecule has 1 fully saturated rings. The van der Waals surface area contributed by atoms with E-state index in [0.717, 1.165) is 31.6 Å². The summed E-state index contributed by atoms with van der Waals surface area (Å²) in [6.07, 6.45) is 8.15. The standard InChI is InChI=1S/C15H29NO2/c1-4-6-12-7-5-9-15(10-8-12,11-13(17)18)14(2,3)16/h12H,4-11,16H2,1-3H3,(H,17,18). The third kappa shape index (κ3) is 3.71. The van der Waals surface area contributed by atoms with Crippen LogP contribution in [0.2, 0.25) is 0 Å². The van der Waals surface area contributed by atoms with Crippen LogP contribution in [-0.4, -0.2) is 16.6 Å². The molecule has 18 heavy (non-hydrogen) atoms. The number of hydrogen-bond donors (Lipinski definition) is 2. The molecule has 0 aromatic rings. The van der Waals surface area contributed by atoms with Gasteiger partial charge < -0.3 is 10.8 Å². The smallest absolute Gasteiger partial charge is 0.303 e. The predicted octanol–water partition coefficient (Wildman–Crippen LogP) is 3.57. The topological polar surface area (TPSA) is 63.3 Å². The van der Waals surface area contributed by atoms with Crippen molar-refractivity contribution in [3.05, 3.63) is 0 Å². The van der Waals surface area contributed by atoms with E-state index in [1.807, 2.05) is 13.8 Å². The third-order valence-electron chi connectivity index (χ3n) is 4.85. The van der Waals surface area contributed by atoms with E-state index in [9.17, 15) is 9.90 Å². The number of carboxylic acid groups (broad SMARTS) is 1. The highest BCUT2D eigenvalue weighted by molar-refractivity contribution is 5.68. The van der Waals surface area contributed by atoms with Crippen molar-refractivity contribution in [1.82, 2.24) is 0 Å². The maximum Gasteiger partial charge on any atom is 0.303 e. The molecule has 3 heteroatoms. The fourth-order valence-corrected chi connectivity index (χ4v) is 3.51. The zero-order valence-corrected chi connectivity index (χ0v) is 12.2. The van der Waals surface area contributed by atoms with Crippen LogP contribution >= 0.6 is 0 Å². The van der Waals surface area contributed by atoms with Gasteiger partial charge in [0.25, 0.3) is 0 Å². The van der Waals surface area contributed by atoms with Crippen LogP contribution in [0.4, 0.5) is 0 Å². The molecule has 0 saturated heterocycles. The Morgan fingerprint density at radius 3 is 2.56 bits per heavy atom. The zero-order valence-electron chi connectivity index (χ0n) is 12.2. The van der Waals surface area contributed by atoms with Gasteiger partial charge in [-0.1, -0.05) is 32.6 Å². The van der Waals surface area contributed by atoms with Crippen molar-refractivity contribution in [3.63, 3.8) is 0 Å². The van der Waals surface area contributed by atoms with E-state index in [0.29, 0.717) is 0 Å². The Hall–Kier alpha value is -0.570. The molecule has 0 radical (unpaired) electrons. The third-order valence-corrected chi connectivity index (χ3v) is 4.85. The lowest BCUT2D eigenvalue weighted by Gasteiger charge is -2.43. The minimum atomic E-state index is -0.706. The number of nitrogens with two attached hydrogens (primary N) is 1. The Balaban J connectivity index is 2.82. The molecule has 1 aliphatic carbocycles. The van der Waals surface area contributed by atoms with Crippen LogP contribution in [0.25, 0.3) is 0 Å². The second kappa shape index (κ2) is 6.05. The van der Waals surface area contributed by atoms with Crippen LogP contribution in [0.1, 0.15) is 72.1 Å². The lowest BCUT2D eigenvalue weighted by atomic mass is 9.65. The minimum absolute atomic E-state index is 0.218. The maximum absolute atomic E-state index is 11.2. The summed E-state index contributed by atoms with van der Waals surface area (Å²) in [6, 6.07) is 0. The lowest BCUT2D eigenvalue weighted by Crippen LogP contribution is -2.51. The zero-order chi connectivity index (χ0) is 13.8. The van der Waals surface area contributed by atoms with E-state index in [1.165, 1.54) is 19.3 Å². The molecule has 1 saturated carbocycles. The van der Waals surface area contributed by atoms with E-state index >= 15 is 0 Å². The number of aliphatic carboxylic acids is 1. The normalized spacial score (nSPS) is 29.9. The molecule has 1 aliphatic rings. The summed E-state index contributed by atoms with van der Waals surface area (Å²) in [4.78, 5) is 11.2. The monoisotopic (exact) mass is 255 g/mol. The molecule has 1 rings (SSSR count). The molecule has 3 nitrogen and oxygen atoms in total. The summed E-state index contributed by atoms with van der Waals surface area (Å²) in [5.74, 6) is 0.0653. The quantitative estimate of drug-likeness (QED) is 0.738. The van der Waals surface area contributed by atoms with Crippen molar-refractivity contribution in [2.45, 2.75) is 77.7 Å². The van der Waals surface area contributed by atoms with Crippen LogP contribution in [0.5, 0.6) is 0 Å². The van der Waals surface area contributed by atoms with Crippen LogP contribution in [0, 0.1) is 11.3 Å².